The van der Waals surface area contributed by atoms with Crippen LogP contribution in [0.25, 0.3) is 0 Å². The molecule has 3 rings (SSSR count). The molecule has 2 aromatic rings. The Morgan fingerprint density at radius 3 is 2.69 bits per heavy atom. The summed E-state index contributed by atoms with van der Waals surface area (Å²) < 4.78 is 39.9. The van der Waals surface area contributed by atoms with E-state index in [-0.39, 0.29) is 6.04 Å². The zero-order valence-corrected chi connectivity index (χ0v) is 15.7. The summed E-state index contributed by atoms with van der Waals surface area (Å²) in [5.41, 5.74) is -0.0477. The van der Waals surface area contributed by atoms with Gasteiger partial charge >= 0.3 is 6.18 Å². The van der Waals surface area contributed by atoms with Gasteiger partial charge in [0.15, 0.2) is 6.04 Å². The number of carbonyl (C=O) groups is 1. The lowest BCUT2D eigenvalue weighted by Gasteiger charge is -2.26. The van der Waals surface area contributed by atoms with Gasteiger partial charge in [-0.15, -0.1) is 0 Å². The molecular weight excluding hydrogens is 387 g/mol. The number of quaternary nitrogens is 1. The molecule has 0 fully saturated rings. The number of alkyl halides is 3. The molecule has 0 heterocycles. The van der Waals surface area contributed by atoms with E-state index in [2.05, 4.69) is 5.32 Å². The molecule has 2 atom stereocenters. The second-order valence-corrected chi connectivity index (χ2v) is 7.15. The zero-order chi connectivity index (χ0) is 21.2. The molecule has 1 amide bonds. The van der Waals surface area contributed by atoms with Gasteiger partial charge in [0.25, 0.3) is 11.6 Å². The topological polar surface area (TPSA) is 88.8 Å². The molecule has 6 nitrogen and oxygen atoms in total. The van der Waals surface area contributed by atoms with Crippen molar-refractivity contribution in [2.24, 2.45) is 0 Å². The quantitative estimate of drug-likeness (QED) is 0.585. The highest BCUT2D eigenvalue weighted by Gasteiger charge is 2.36. The SMILES string of the molecule is C[C@H]([NH2+][C@H]1CCCc2ccccc21)C(=O)Nc1ccc([N+](=O)[O-])cc1C(F)(F)F. The number of nitro groups is 1. The normalized spacial score (nSPS) is 17.3. The number of nitrogens with two attached hydrogens (primary N) is 1. The molecule has 0 aromatic heterocycles. The van der Waals surface area contributed by atoms with Gasteiger partial charge in [-0.05, 0) is 31.4 Å². The number of anilines is 1. The Labute approximate surface area is 165 Å². The maximum Gasteiger partial charge on any atom is 0.418 e. The van der Waals surface area contributed by atoms with E-state index in [1.807, 2.05) is 29.6 Å². The predicted molar refractivity (Wildman–Crippen MR) is 100 cm³/mol. The van der Waals surface area contributed by atoms with Crippen LogP contribution in [0.15, 0.2) is 42.5 Å². The highest BCUT2D eigenvalue weighted by atomic mass is 19.4. The standard InChI is InChI=1S/C20H20F3N3O3/c1-12(24-17-8-4-6-13-5-2-3-7-15(13)17)19(27)25-18-10-9-14(26(28)29)11-16(18)20(21,22)23/h2-3,5,7,9-12,17,24H,4,6,8H2,1H3,(H,25,27)/p+1/t12-,17-/m0/s1. The van der Waals surface area contributed by atoms with Crippen molar-refractivity contribution in [1.82, 2.24) is 0 Å². The minimum atomic E-state index is -4.83. The number of carbonyl (C=O) groups excluding carboxylic acids is 1. The van der Waals surface area contributed by atoms with E-state index in [9.17, 15) is 28.1 Å². The van der Waals surface area contributed by atoms with Crippen molar-refractivity contribution in [3.63, 3.8) is 0 Å². The van der Waals surface area contributed by atoms with Crippen LogP contribution < -0.4 is 10.6 Å². The Morgan fingerprint density at radius 1 is 1.28 bits per heavy atom. The van der Waals surface area contributed by atoms with Gasteiger partial charge in [-0.25, -0.2) is 0 Å². The summed E-state index contributed by atoms with van der Waals surface area (Å²) in [5, 5.41) is 14.9. The fourth-order valence-corrected chi connectivity index (χ4v) is 3.66. The summed E-state index contributed by atoms with van der Waals surface area (Å²) >= 11 is 0. The van der Waals surface area contributed by atoms with E-state index in [0.717, 1.165) is 37.0 Å². The van der Waals surface area contributed by atoms with Gasteiger partial charge in [0.2, 0.25) is 0 Å². The largest absolute Gasteiger partial charge is 0.418 e. The zero-order valence-electron chi connectivity index (χ0n) is 15.7. The number of fused-ring (bicyclic) bond motifs is 1. The van der Waals surface area contributed by atoms with E-state index in [1.165, 1.54) is 5.56 Å². The van der Waals surface area contributed by atoms with Gasteiger partial charge in [0, 0.05) is 24.1 Å². The van der Waals surface area contributed by atoms with E-state index in [1.54, 1.807) is 6.92 Å². The lowest BCUT2D eigenvalue weighted by Crippen LogP contribution is -2.92. The highest BCUT2D eigenvalue weighted by molar-refractivity contribution is 5.94. The van der Waals surface area contributed by atoms with Gasteiger partial charge in [-0.2, -0.15) is 13.2 Å². The van der Waals surface area contributed by atoms with Crippen LogP contribution in [0.3, 0.4) is 0 Å². The fourth-order valence-electron chi connectivity index (χ4n) is 3.66. The molecule has 0 unspecified atom stereocenters. The van der Waals surface area contributed by atoms with Crippen molar-refractivity contribution in [3.05, 3.63) is 69.3 Å². The molecule has 0 spiro atoms. The molecule has 0 saturated heterocycles. The van der Waals surface area contributed by atoms with Gasteiger partial charge in [-0.3, -0.25) is 14.9 Å². The number of nitro benzene ring substituents is 1. The molecule has 154 valence electrons. The van der Waals surface area contributed by atoms with Crippen molar-refractivity contribution >= 4 is 17.3 Å². The van der Waals surface area contributed by atoms with Crippen molar-refractivity contribution in [1.29, 1.82) is 0 Å². The molecule has 9 heteroatoms. The Bertz CT molecular complexity index is 931. The first-order valence-corrected chi connectivity index (χ1v) is 9.26. The number of non-ortho nitro benzene ring substituents is 1. The number of halogens is 3. The Hall–Kier alpha value is -2.94. The van der Waals surface area contributed by atoms with Crippen LogP contribution in [-0.2, 0) is 17.4 Å². The van der Waals surface area contributed by atoms with Crippen molar-refractivity contribution in [3.8, 4) is 0 Å². The van der Waals surface area contributed by atoms with Gasteiger partial charge in [0.05, 0.1) is 16.2 Å². The number of nitrogens with zero attached hydrogens (tertiary/aromatic N) is 1. The third kappa shape index (κ3) is 4.73. The van der Waals surface area contributed by atoms with Gasteiger partial charge < -0.3 is 10.6 Å². The monoisotopic (exact) mass is 408 g/mol. The van der Waals surface area contributed by atoms with Gasteiger partial charge in [-0.1, -0.05) is 24.3 Å². The summed E-state index contributed by atoms with van der Waals surface area (Å²) in [6, 6.07) is 9.67. The van der Waals surface area contributed by atoms with Crippen LogP contribution >= 0.6 is 0 Å². The molecule has 1 aliphatic carbocycles. The predicted octanol–water partition coefficient (Wildman–Crippen LogP) is 3.58. The number of hydrogen-bond acceptors (Lipinski definition) is 3. The maximum atomic E-state index is 13.3. The first kappa shape index (κ1) is 20.8. The second kappa shape index (κ2) is 8.20. The maximum absolute atomic E-state index is 13.3. The van der Waals surface area contributed by atoms with Crippen LogP contribution in [0.2, 0.25) is 0 Å². The van der Waals surface area contributed by atoms with E-state index < -0.39 is 40.0 Å². The number of hydrogen-bond donors (Lipinski definition) is 2. The number of amides is 1. The lowest BCUT2D eigenvalue weighted by atomic mass is 9.87. The average Bonchev–Trinajstić information content (AvgIpc) is 2.67. The summed E-state index contributed by atoms with van der Waals surface area (Å²) in [7, 11) is 0. The van der Waals surface area contributed by atoms with Crippen LogP contribution in [0, 0.1) is 10.1 Å². The summed E-state index contributed by atoms with van der Waals surface area (Å²) in [6.45, 7) is 1.63. The summed E-state index contributed by atoms with van der Waals surface area (Å²) in [5.74, 6) is -0.590. The van der Waals surface area contributed by atoms with Crippen molar-refractivity contribution < 1.29 is 28.2 Å². The van der Waals surface area contributed by atoms with E-state index >= 15 is 0 Å². The van der Waals surface area contributed by atoms with E-state index in [4.69, 9.17) is 0 Å². The molecule has 2 aromatic carbocycles. The Balaban J connectivity index is 1.76. The summed E-state index contributed by atoms with van der Waals surface area (Å²) in [4.78, 5) is 22.4. The minimum Gasteiger partial charge on any atom is -0.330 e. The Kier molecular flexibility index (Phi) is 5.88. The molecule has 0 bridgehead atoms. The molecule has 3 N–H and O–H groups in total. The third-order valence-corrected chi connectivity index (χ3v) is 5.13. The first-order valence-electron chi connectivity index (χ1n) is 9.26. The van der Waals surface area contributed by atoms with Crippen molar-refractivity contribution in [2.45, 2.75) is 44.4 Å². The smallest absolute Gasteiger partial charge is 0.330 e. The average molecular weight is 408 g/mol. The molecule has 1 aliphatic rings. The number of nitrogens with one attached hydrogen (secondary N) is 1. The van der Waals surface area contributed by atoms with Crippen LogP contribution in [0.5, 0.6) is 0 Å². The molecular formula is C20H21F3N3O3+. The van der Waals surface area contributed by atoms with E-state index in [0.29, 0.717) is 6.07 Å². The Morgan fingerprint density at radius 2 is 2.00 bits per heavy atom. The first-order chi connectivity index (χ1) is 13.7. The second-order valence-electron chi connectivity index (χ2n) is 7.15. The molecule has 29 heavy (non-hydrogen) atoms. The van der Waals surface area contributed by atoms with Gasteiger partial charge in [0.1, 0.15) is 6.04 Å². The van der Waals surface area contributed by atoms with Crippen LogP contribution in [0.1, 0.15) is 42.5 Å². The highest BCUT2D eigenvalue weighted by Crippen LogP contribution is 2.37. The molecule has 0 radical (unpaired) electrons. The third-order valence-electron chi connectivity index (χ3n) is 5.13. The summed E-state index contributed by atoms with van der Waals surface area (Å²) in [6.07, 6.45) is -2.00. The fraction of sp³-hybridized carbons (Fsp3) is 0.350. The van der Waals surface area contributed by atoms with Crippen LogP contribution in [-0.4, -0.2) is 16.9 Å². The number of benzene rings is 2. The number of rotatable bonds is 5. The molecule has 0 aliphatic heterocycles. The lowest BCUT2D eigenvalue weighted by molar-refractivity contribution is -0.714. The molecule has 0 saturated carbocycles. The van der Waals surface area contributed by atoms with Crippen LogP contribution in [0.4, 0.5) is 24.5 Å². The number of aryl methyl sites for hydroxylation is 1. The minimum absolute atomic E-state index is 0.0552. The van der Waals surface area contributed by atoms with Crippen molar-refractivity contribution in [2.75, 3.05) is 5.32 Å².